The van der Waals surface area contributed by atoms with Crippen LogP contribution in [0.3, 0.4) is 0 Å². The number of hydrogen-bond donors (Lipinski definition) is 0. The summed E-state index contributed by atoms with van der Waals surface area (Å²) < 4.78 is 22.3. The first-order chi connectivity index (χ1) is 7.86. The Morgan fingerprint density at radius 2 is 2.35 bits per heavy atom. The lowest BCUT2D eigenvalue weighted by molar-refractivity contribution is -0.128. The first-order valence-corrected chi connectivity index (χ1v) is 8.23. The molecule has 0 aromatic carbocycles. The van der Waals surface area contributed by atoms with Gasteiger partial charge in [0.05, 0.1) is 17.2 Å². The van der Waals surface area contributed by atoms with Gasteiger partial charge in [0.25, 0.3) is 0 Å². The molecule has 0 N–H and O–H groups in total. The number of nitrogens with zero attached hydrogens (tertiary/aromatic N) is 2. The summed E-state index contributed by atoms with van der Waals surface area (Å²) in [5.41, 5.74) is 0.786. The lowest BCUT2D eigenvalue weighted by Crippen LogP contribution is -2.26. The molecule has 94 valence electrons. The molecule has 8 heteroatoms. The Hall–Kier alpha value is -0.660. The van der Waals surface area contributed by atoms with Gasteiger partial charge in [-0.25, -0.2) is 13.4 Å². The van der Waals surface area contributed by atoms with Gasteiger partial charge in [-0.05, 0) is 6.92 Å². The Morgan fingerprint density at radius 1 is 1.65 bits per heavy atom. The molecule has 2 rings (SSSR count). The van der Waals surface area contributed by atoms with Crippen molar-refractivity contribution >= 4 is 37.0 Å². The maximum Gasteiger partial charge on any atom is 0.237 e. The predicted octanol–water partition coefficient (Wildman–Crippen LogP) is 1.12. The normalized spacial score (nSPS) is 21.2. The van der Waals surface area contributed by atoms with Crippen LogP contribution in [0.1, 0.15) is 17.1 Å². The summed E-state index contributed by atoms with van der Waals surface area (Å²) in [5, 5.41) is 2.00. The standard InChI is InChI=1S/C9H11ClN2O3S2/c1-6-11-7(5-16-6)3-12-4-8(2-9(12)13)17(10,14)15/h5,8H,2-4H2,1H3. The van der Waals surface area contributed by atoms with E-state index in [0.29, 0.717) is 6.54 Å². The van der Waals surface area contributed by atoms with Crippen LogP contribution < -0.4 is 0 Å². The zero-order valence-electron chi connectivity index (χ0n) is 9.09. The number of aromatic nitrogens is 1. The number of aryl methyl sites for hydroxylation is 1. The van der Waals surface area contributed by atoms with Gasteiger partial charge in [0.1, 0.15) is 5.25 Å². The van der Waals surface area contributed by atoms with Gasteiger partial charge in [-0.1, -0.05) is 0 Å². The van der Waals surface area contributed by atoms with Gasteiger partial charge in [-0.15, -0.1) is 11.3 Å². The van der Waals surface area contributed by atoms with Crippen molar-refractivity contribution in [1.82, 2.24) is 9.88 Å². The number of hydrogen-bond acceptors (Lipinski definition) is 5. The minimum Gasteiger partial charge on any atom is -0.335 e. The van der Waals surface area contributed by atoms with Gasteiger partial charge >= 0.3 is 0 Å². The molecule has 0 saturated carbocycles. The second-order valence-electron chi connectivity index (χ2n) is 3.93. The molecule has 0 bridgehead atoms. The Bertz CT molecular complexity index is 540. The monoisotopic (exact) mass is 294 g/mol. The molecule has 1 saturated heterocycles. The number of rotatable bonds is 3. The van der Waals surface area contributed by atoms with Crippen LogP contribution in [0, 0.1) is 6.92 Å². The molecule has 0 spiro atoms. The number of carbonyl (C=O) groups excluding carboxylic acids is 1. The van der Waals surface area contributed by atoms with Crippen molar-refractivity contribution in [2.75, 3.05) is 6.54 Å². The number of amides is 1. The average Bonchev–Trinajstić information content (AvgIpc) is 2.74. The predicted molar refractivity (Wildman–Crippen MR) is 65.4 cm³/mol. The summed E-state index contributed by atoms with van der Waals surface area (Å²) in [5.74, 6) is -0.190. The van der Waals surface area contributed by atoms with E-state index in [2.05, 4.69) is 4.98 Å². The van der Waals surface area contributed by atoms with Crippen LogP contribution in [0.25, 0.3) is 0 Å². The van der Waals surface area contributed by atoms with Gasteiger partial charge in [0, 0.05) is 29.0 Å². The van der Waals surface area contributed by atoms with Crippen LogP contribution in [-0.4, -0.2) is 36.0 Å². The summed E-state index contributed by atoms with van der Waals surface area (Å²) >= 11 is 1.50. The van der Waals surface area contributed by atoms with Crippen molar-refractivity contribution in [3.05, 3.63) is 16.1 Å². The van der Waals surface area contributed by atoms with Crippen molar-refractivity contribution < 1.29 is 13.2 Å². The Kier molecular flexibility index (Phi) is 3.42. The fourth-order valence-corrected chi connectivity index (χ4v) is 3.42. The van der Waals surface area contributed by atoms with Gasteiger partial charge < -0.3 is 4.90 Å². The summed E-state index contributed by atoms with van der Waals surface area (Å²) in [4.78, 5) is 17.3. The second kappa shape index (κ2) is 4.55. The van der Waals surface area contributed by atoms with Crippen molar-refractivity contribution in [2.24, 2.45) is 0 Å². The molecule has 1 unspecified atom stereocenters. The summed E-state index contributed by atoms with van der Waals surface area (Å²) in [6.45, 7) is 2.39. The van der Waals surface area contributed by atoms with E-state index < -0.39 is 14.3 Å². The molecule has 1 aromatic heterocycles. The van der Waals surface area contributed by atoms with E-state index in [4.69, 9.17) is 10.7 Å². The van der Waals surface area contributed by atoms with Crippen LogP contribution in [0.15, 0.2) is 5.38 Å². The molecule has 0 radical (unpaired) electrons. The Labute approximate surface area is 108 Å². The molecule has 2 heterocycles. The molecule has 0 aliphatic carbocycles. The highest BCUT2D eigenvalue weighted by molar-refractivity contribution is 8.14. The number of likely N-dealkylation sites (tertiary alicyclic amines) is 1. The maximum absolute atomic E-state index is 11.6. The lowest BCUT2D eigenvalue weighted by Gasteiger charge is -2.14. The fourth-order valence-electron chi connectivity index (χ4n) is 1.75. The maximum atomic E-state index is 11.6. The molecule has 1 aromatic rings. The van der Waals surface area contributed by atoms with Gasteiger partial charge in [-0.3, -0.25) is 4.79 Å². The van der Waals surface area contributed by atoms with Crippen LogP contribution in [0.5, 0.6) is 0 Å². The Balaban J connectivity index is 2.07. The van der Waals surface area contributed by atoms with E-state index in [0.717, 1.165) is 10.7 Å². The minimum atomic E-state index is -3.66. The molecule has 1 amide bonds. The molecule has 17 heavy (non-hydrogen) atoms. The smallest absolute Gasteiger partial charge is 0.237 e. The minimum absolute atomic E-state index is 0.0328. The van der Waals surface area contributed by atoms with E-state index in [1.54, 1.807) is 0 Å². The topological polar surface area (TPSA) is 67.3 Å². The molecular weight excluding hydrogens is 284 g/mol. The number of thiazole rings is 1. The van der Waals surface area contributed by atoms with Crippen LogP contribution in [-0.2, 0) is 20.4 Å². The molecule has 1 aliphatic heterocycles. The Morgan fingerprint density at radius 3 is 2.82 bits per heavy atom. The quantitative estimate of drug-likeness (QED) is 0.784. The van der Waals surface area contributed by atoms with Gasteiger partial charge in [-0.2, -0.15) is 0 Å². The van der Waals surface area contributed by atoms with Crippen LogP contribution in [0.4, 0.5) is 0 Å². The van der Waals surface area contributed by atoms with E-state index >= 15 is 0 Å². The zero-order chi connectivity index (χ0) is 12.6. The van der Waals surface area contributed by atoms with Crippen LogP contribution >= 0.6 is 22.0 Å². The molecular formula is C9H11ClN2O3S2. The summed E-state index contributed by atoms with van der Waals surface area (Å²) in [7, 11) is 1.59. The summed E-state index contributed by atoms with van der Waals surface area (Å²) in [6, 6.07) is 0. The second-order valence-corrected chi connectivity index (χ2v) is 7.90. The van der Waals surface area contributed by atoms with Gasteiger partial charge in [0.15, 0.2) is 0 Å². The third-order valence-electron chi connectivity index (χ3n) is 2.60. The van der Waals surface area contributed by atoms with E-state index in [1.807, 2.05) is 12.3 Å². The molecule has 5 nitrogen and oxygen atoms in total. The number of halogens is 1. The third-order valence-corrected chi connectivity index (χ3v) is 5.29. The summed E-state index contributed by atoms with van der Waals surface area (Å²) in [6.07, 6.45) is -0.0328. The first kappa shape index (κ1) is 12.8. The largest absolute Gasteiger partial charge is 0.335 e. The van der Waals surface area contributed by atoms with Crippen LogP contribution in [0.2, 0.25) is 0 Å². The van der Waals surface area contributed by atoms with E-state index in [1.165, 1.54) is 16.2 Å². The lowest BCUT2D eigenvalue weighted by atomic mass is 10.4. The molecule has 1 atom stereocenters. The zero-order valence-corrected chi connectivity index (χ0v) is 11.5. The third kappa shape index (κ3) is 2.97. The highest BCUT2D eigenvalue weighted by atomic mass is 35.7. The van der Waals surface area contributed by atoms with Crippen molar-refractivity contribution in [2.45, 2.75) is 25.1 Å². The first-order valence-electron chi connectivity index (χ1n) is 4.98. The van der Waals surface area contributed by atoms with Crippen molar-refractivity contribution in [3.63, 3.8) is 0 Å². The molecule has 1 fully saturated rings. The SMILES string of the molecule is Cc1nc(CN2CC(S(=O)(=O)Cl)CC2=O)cs1. The molecule has 1 aliphatic rings. The van der Waals surface area contributed by atoms with Crippen molar-refractivity contribution in [1.29, 1.82) is 0 Å². The fraction of sp³-hybridized carbons (Fsp3) is 0.556. The van der Waals surface area contributed by atoms with E-state index in [-0.39, 0.29) is 18.9 Å². The average molecular weight is 295 g/mol. The van der Waals surface area contributed by atoms with E-state index in [9.17, 15) is 13.2 Å². The highest BCUT2D eigenvalue weighted by Gasteiger charge is 2.37. The highest BCUT2D eigenvalue weighted by Crippen LogP contribution is 2.23. The number of carbonyl (C=O) groups is 1. The van der Waals surface area contributed by atoms with Crippen molar-refractivity contribution in [3.8, 4) is 0 Å². The van der Waals surface area contributed by atoms with Gasteiger partial charge in [0.2, 0.25) is 15.0 Å².